The maximum atomic E-state index is 12.4. The monoisotopic (exact) mass is 419 g/mol. The molecule has 0 aliphatic rings. The Labute approximate surface area is 178 Å². The molecule has 1 heterocycles. The highest BCUT2D eigenvalue weighted by Gasteiger charge is 2.12. The van der Waals surface area contributed by atoms with Gasteiger partial charge in [0.05, 0.1) is 5.75 Å². The van der Waals surface area contributed by atoms with Gasteiger partial charge in [-0.2, -0.15) is 0 Å². The normalized spacial score (nSPS) is 10.9. The lowest BCUT2D eigenvalue weighted by Crippen LogP contribution is -2.14. The van der Waals surface area contributed by atoms with Crippen LogP contribution in [-0.4, -0.2) is 21.9 Å². The molecule has 3 aromatic carbocycles. The van der Waals surface area contributed by atoms with Crippen LogP contribution in [-0.2, 0) is 11.4 Å². The molecule has 152 valence electrons. The molecule has 0 fully saturated rings. The number of nitrogens with one attached hydrogen (secondary N) is 1. The third-order valence-corrected chi connectivity index (χ3v) is 5.56. The predicted octanol–water partition coefficient (Wildman–Crippen LogP) is 5.15. The largest absolute Gasteiger partial charge is 0.484 e. The first-order valence-electron chi connectivity index (χ1n) is 9.52. The number of benzene rings is 3. The molecule has 0 saturated carbocycles. The van der Waals surface area contributed by atoms with Gasteiger partial charge in [0.15, 0.2) is 6.61 Å². The van der Waals surface area contributed by atoms with Crippen LogP contribution in [0.4, 0.5) is 5.69 Å². The summed E-state index contributed by atoms with van der Waals surface area (Å²) in [6.07, 6.45) is 0. The van der Waals surface area contributed by atoms with Crippen molar-refractivity contribution in [1.29, 1.82) is 0 Å². The van der Waals surface area contributed by atoms with Crippen LogP contribution in [0.25, 0.3) is 10.8 Å². The highest BCUT2D eigenvalue weighted by atomic mass is 32.2. The van der Waals surface area contributed by atoms with Crippen LogP contribution in [0.1, 0.15) is 17.0 Å². The maximum Gasteiger partial charge on any atom is 0.277 e. The number of amides is 1. The molecule has 0 saturated heterocycles. The molecule has 4 rings (SSSR count). The van der Waals surface area contributed by atoms with Crippen molar-refractivity contribution < 1.29 is 13.9 Å². The SMILES string of the molecule is Cc1cccc(OCc2nnc(SCC(=O)Nc3cccc4ccccc34)o2)c1C. The van der Waals surface area contributed by atoms with Crippen molar-refractivity contribution in [1.82, 2.24) is 10.2 Å². The third kappa shape index (κ3) is 4.63. The summed E-state index contributed by atoms with van der Waals surface area (Å²) in [6.45, 7) is 4.22. The minimum Gasteiger partial charge on any atom is -0.484 e. The number of aromatic nitrogens is 2. The number of nitrogens with zero attached hydrogens (tertiary/aromatic N) is 2. The van der Waals surface area contributed by atoms with Gasteiger partial charge in [-0.15, -0.1) is 10.2 Å². The third-order valence-electron chi connectivity index (χ3n) is 4.74. The zero-order chi connectivity index (χ0) is 20.9. The molecule has 7 heteroatoms. The Bertz CT molecular complexity index is 1180. The fourth-order valence-electron chi connectivity index (χ4n) is 3.02. The van der Waals surface area contributed by atoms with E-state index in [9.17, 15) is 4.79 Å². The quantitative estimate of drug-likeness (QED) is 0.418. The van der Waals surface area contributed by atoms with Gasteiger partial charge in [0, 0.05) is 11.1 Å². The fraction of sp³-hybridized carbons (Fsp3) is 0.174. The van der Waals surface area contributed by atoms with Crippen molar-refractivity contribution in [3.05, 3.63) is 77.7 Å². The van der Waals surface area contributed by atoms with E-state index in [0.717, 1.165) is 33.3 Å². The van der Waals surface area contributed by atoms with E-state index in [1.165, 1.54) is 11.8 Å². The van der Waals surface area contributed by atoms with Crippen molar-refractivity contribution >= 4 is 34.1 Å². The van der Waals surface area contributed by atoms with E-state index in [1.807, 2.05) is 74.5 Å². The summed E-state index contributed by atoms with van der Waals surface area (Å²) in [6, 6.07) is 19.6. The van der Waals surface area contributed by atoms with Crippen molar-refractivity contribution in [2.24, 2.45) is 0 Å². The second-order valence-corrected chi connectivity index (χ2v) is 7.74. The van der Waals surface area contributed by atoms with E-state index in [-0.39, 0.29) is 18.3 Å². The standard InChI is InChI=1S/C23H21N3O3S/c1-15-7-5-12-20(16(15)2)28-13-22-25-26-23(29-22)30-14-21(27)24-19-11-6-9-17-8-3-4-10-18(17)19/h3-12H,13-14H2,1-2H3,(H,24,27). The van der Waals surface area contributed by atoms with Crippen LogP contribution in [0.3, 0.4) is 0 Å². The van der Waals surface area contributed by atoms with E-state index in [2.05, 4.69) is 15.5 Å². The Morgan fingerprint density at radius 2 is 1.83 bits per heavy atom. The Morgan fingerprint density at radius 3 is 2.73 bits per heavy atom. The summed E-state index contributed by atoms with van der Waals surface area (Å²) in [5.41, 5.74) is 3.02. The van der Waals surface area contributed by atoms with Crippen LogP contribution < -0.4 is 10.1 Å². The molecule has 6 nitrogen and oxygen atoms in total. The number of fused-ring (bicyclic) bond motifs is 1. The number of aryl methyl sites for hydroxylation is 1. The smallest absolute Gasteiger partial charge is 0.277 e. The molecule has 0 radical (unpaired) electrons. The summed E-state index contributed by atoms with van der Waals surface area (Å²) in [4.78, 5) is 12.4. The second-order valence-electron chi connectivity index (χ2n) is 6.81. The van der Waals surface area contributed by atoms with Gasteiger partial charge in [0.25, 0.3) is 11.1 Å². The van der Waals surface area contributed by atoms with Crippen LogP contribution in [0, 0.1) is 13.8 Å². The van der Waals surface area contributed by atoms with E-state index in [1.54, 1.807) is 0 Å². The number of hydrogen-bond donors (Lipinski definition) is 1. The van der Waals surface area contributed by atoms with Crippen molar-refractivity contribution in [3.8, 4) is 5.75 Å². The molecule has 0 aliphatic heterocycles. The predicted molar refractivity (Wildman–Crippen MR) is 118 cm³/mol. The van der Waals surface area contributed by atoms with Crippen LogP contribution in [0.5, 0.6) is 5.75 Å². The van der Waals surface area contributed by atoms with Crippen molar-refractivity contribution in [2.75, 3.05) is 11.1 Å². The topological polar surface area (TPSA) is 77.2 Å². The fourth-order valence-corrected chi connectivity index (χ4v) is 3.60. The molecule has 1 aromatic heterocycles. The zero-order valence-corrected chi connectivity index (χ0v) is 17.5. The van der Waals surface area contributed by atoms with Gasteiger partial charge in [-0.3, -0.25) is 4.79 Å². The number of hydrogen-bond acceptors (Lipinski definition) is 6. The average Bonchev–Trinajstić information content (AvgIpc) is 3.21. The molecule has 30 heavy (non-hydrogen) atoms. The molecular weight excluding hydrogens is 398 g/mol. The highest BCUT2D eigenvalue weighted by Crippen LogP contribution is 2.25. The summed E-state index contributed by atoms with van der Waals surface area (Å²) in [5.74, 6) is 1.19. The number of carbonyl (C=O) groups is 1. The van der Waals surface area contributed by atoms with Gasteiger partial charge in [-0.25, -0.2) is 0 Å². The lowest BCUT2D eigenvalue weighted by atomic mass is 10.1. The summed E-state index contributed by atoms with van der Waals surface area (Å²) in [7, 11) is 0. The number of anilines is 1. The first-order chi connectivity index (χ1) is 14.6. The van der Waals surface area contributed by atoms with Gasteiger partial charge in [-0.05, 0) is 42.5 Å². The molecule has 0 bridgehead atoms. The molecular formula is C23H21N3O3S. The lowest BCUT2D eigenvalue weighted by molar-refractivity contribution is -0.113. The lowest BCUT2D eigenvalue weighted by Gasteiger charge is -2.08. The first kappa shape index (κ1) is 20.0. The van der Waals surface area contributed by atoms with Crippen molar-refractivity contribution in [2.45, 2.75) is 25.7 Å². The molecule has 0 atom stereocenters. The van der Waals surface area contributed by atoms with Gasteiger partial charge < -0.3 is 14.5 Å². The Kier molecular flexibility index (Phi) is 5.99. The van der Waals surface area contributed by atoms with Gasteiger partial charge in [-0.1, -0.05) is 60.3 Å². The minimum absolute atomic E-state index is 0.136. The first-order valence-corrected chi connectivity index (χ1v) is 10.5. The van der Waals surface area contributed by atoms with Crippen LogP contribution in [0.2, 0.25) is 0 Å². The molecule has 0 spiro atoms. The molecule has 4 aromatic rings. The van der Waals surface area contributed by atoms with E-state index >= 15 is 0 Å². The Morgan fingerprint density at radius 1 is 1.03 bits per heavy atom. The zero-order valence-electron chi connectivity index (χ0n) is 16.7. The number of thioether (sulfide) groups is 1. The van der Waals surface area contributed by atoms with Gasteiger partial charge >= 0.3 is 0 Å². The van der Waals surface area contributed by atoms with Crippen LogP contribution in [0.15, 0.2) is 70.3 Å². The maximum absolute atomic E-state index is 12.4. The van der Waals surface area contributed by atoms with E-state index in [0.29, 0.717) is 11.1 Å². The Balaban J connectivity index is 1.32. The highest BCUT2D eigenvalue weighted by molar-refractivity contribution is 7.99. The van der Waals surface area contributed by atoms with Crippen LogP contribution >= 0.6 is 11.8 Å². The summed E-state index contributed by atoms with van der Waals surface area (Å²) >= 11 is 1.19. The minimum atomic E-state index is -0.136. The number of rotatable bonds is 7. The summed E-state index contributed by atoms with van der Waals surface area (Å²) < 4.78 is 11.4. The van der Waals surface area contributed by atoms with Crippen molar-refractivity contribution in [3.63, 3.8) is 0 Å². The molecule has 0 aliphatic carbocycles. The number of carbonyl (C=O) groups excluding carboxylic acids is 1. The second kappa shape index (κ2) is 9.00. The number of ether oxygens (including phenoxy) is 1. The van der Waals surface area contributed by atoms with Gasteiger partial charge in [0.1, 0.15) is 5.75 Å². The molecule has 0 unspecified atom stereocenters. The summed E-state index contributed by atoms with van der Waals surface area (Å²) in [5, 5.41) is 13.3. The Hall–Kier alpha value is -3.32. The van der Waals surface area contributed by atoms with Gasteiger partial charge in [0.2, 0.25) is 5.91 Å². The molecule has 1 amide bonds. The molecule has 1 N–H and O–H groups in total. The van der Waals surface area contributed by atoms with E-state index < -0.39 is 0 Å². The average molecular weight is 420 g/mol. The van der Waals surface area contributed by atoms with E-state index in [4.69, 9.17) is 9.15 Å².